The summed E-state index contributed by atoms with van der Waals surface area (Å²) < 4.78 is 10.2. The molecule has 1 unspecified atom stereocenters. The van der Waals surface area contributed by atoms with Gasteiger partial charge >= 0.3 is 0 Å². The van der Waals surface area contributed by atoms with Crippen molar-refractivity contribution in [3.63, 3.8) is 0 Å². The summed E-state index contributed by atoms with van der Waals surface area (Å²) >= 11 is 0. The second-order valence-corrected chi connectivity index (χ2v) is 4.74. The van der Waals surface area contributed by atoms with Crippen molar-refractivity contribution in [3.8, 4) is 0 Å². The van der Waals surface area contributed by atoms with Gasteiger partial charge in [0.25, 0.3) is 5.91 Å². The lowest BCUT2D eigenvalue weighted by Gasteiger charge is -2.09. The molecule has 1 fully saturated rings. The third-order valence-electron chi connectivity index (χ3n) is 3.02. The zero-order valence-electron chi connectivity index (χ0n) is 11.5. The molecule has 110 valence electrons. The van der Waals surface area contributed by atoms with E-state index in [1.54, 1.807) is 25.1 Å². The Bertz CT molecular complexity index is 619. The Hall–Kier alpha value is -2.48. The summed E-state index contributed by atoms with van der Waals surface area (Å²) in [4.78, 5) is 11.9. The van der Waals surface area contributed by atoms with E-state index in [1.807, 2.05) is 0 Å². The molecular formula is C13H15N5O3. The first-order valence-electron chi connectivity index (χ1n) is 6.67. The maximum atomic E-state index is 11.9. The van der Waals surface area contributed by atoms with Gasteiger partial charge in [-0.1, -0.05) is 5.16 Å². The van der Waals surface area contributed by atoms with Crippen LogP contribution in [0.25, 0.3) is 0 Å². The Morgan fingerprint density at radius 1 is 1.29 bits per heavy atom. The van der Waals surface area contributed by atoms with E-state index in [0.29, 0.717) is 29.8 Å². The molecule has 8 heteroatoms. The van der Waals surface area contributed by atoms with Gasteiger partial charge in [0, 0.05) is 12.7 Å². The van der Waals surface area contributed by atoms with Crippen LogP contribution in [0.5, 0.6) is 0 Å². The van der Waals surface area contributed by atoms with Crippen LogP contribution in [0.2, 0.25) is 0 Å². The lowest BCUT2D eigenvalue weighted by molar-refractivity contribution is -0.124. The topological polar surface area (TPSA) is 102 Å². The predicted molar refractivity (Wildman–Crippen MR) is 74.2 cm³/mol. The summed E-state index contributed by atoms with van der Waals surface area (Å²) in [6.45, 7) is 2.43. The van der Waals surface area contributed by atoms with Crippen molar-refractivity contribution in [2.45, 2.75) is 25.9 Å². The van der Waals surface area contributed by atoms with Crippen LogP contribution in [0.3, 0.4) is 0 Å². The lowest BCUT2D eigenvalue weighted by Crippen LogP contribution is -2.27. The first-order chi connectivity index (χ1) is 10.2. The van der Waals surface area contributed by atoms with Gasteiger partial charge in [-0.2, -0.15) is 0 Å². The third-order valence-corrected chi connectivity index (χ3v) is 3.02. The van der Waals surface area contributed by atoms with Crippen LogP contribution in [0.1, 0.15) is 18.6 Å². The Labute approximate surface area is 120 Å². The molecule has 0 bridgehead atoms. The minimum absolute atomic E-state index is 0.186. The van der Waals surface area contributed by atoms with Crippen LogP contribution >= 0.6 is 0 Å². The van der Waals surface area contributed by atoms with E-state index >= 15 is 0 Å². The fraction of sp³-hybridized carbons (Fsp3) is 0.385. The molecule has 0 saturated carbocycles. The van der Waals surface area contributed by atoms with Gasteiger partial charge < -0.3 is 19.9 Å². The highest BCUT2D eigenvalue weighted by atomic mass is 16.5. The second-order valence-electron chi connectivity index (χ2n) is 4.74. The molecule has 1 atom stereocenters. The van der Waals surface area contributed by atoms with Crippen molar-refractivity contribution in [3.05, 3.63) is 24.0 Å². The van der Waals surface area contributed by atoms with Crippen molar-refractivity contribution in [2.24, 2.45) is 0 Å². The highest BCUT2D eigenvalue weighted by molar-refractivity contribution is 5.93. The number of anilines is 3. The maximum Gasteiger partial charge on any atom is 0.254 e. The van der Waals surface area contributed by atoms with Gasteiger partial charge in [0.15, 0.2) is 17.5 Å². The van der Waals surface area contributed by atoms with E-state index < -0.39 is 0 Å². The number of nitrogens with one attached hydrogen (secondary N) is 2. The Morgan fingerprint density at radius 3 is 2.71 bits per heavy atom. The predicted octanol–water partition coefficient (Wildman–Crippen LogP) is 1.63. The molecule has 1 aliphatic heterocycles. The van der Waals surface area contributed by atoms with Gasteiger partial charge in [-0.15, -0.1) is 10.2 Å². The quantitative estimate of drug-likeness (QED) is 0.881. The number of hydrogen-bond acceptors (Lipinski definition) is 7. The molecule has 0 aromatic carbocycles. The molecule has 21 heavy (non-hydrogen) atoms. The van der Waals surface area contributed by atoms with Crippen LogP contribution in [-0.2, 0) is 9.53 Å². The molecule has 3 heterocycles. The third kappa shape index (κ3) is 3.34. The Morgan fingerprint density at radius 2 is 2.10 bits per heavy atom. The molecule has 1 aliphatic rings. The highest BCUT2D eigenvalue weighted by Crippen LogP contribution is 2.16. The average Bonchev–Trinajstić information content (AvgIpc) is 3.13. The van der Waals surface area contributed by atoms with Gasteiger partial charge in [-0.05, 0) is 31.9 Å². The molecule has 2 aromatic rings. The number of nitrogens with zero attached hydrogens (tertiary/aromatic N) is 3. The van der Waals surface area contributed by atoms with Crippen molar-refractivity contribution in [2.75, 3.05) is 17.2 Å². The molecule has 1 saturated heterocycles. The number of amides is 1. The summed E-state index contributed by atoms with van der Waals surface area (Å²) in [5.41, 5.74) is 0. The van der Waals surface area contributed by atoms with E-state index in [-0.39, 0.29) is 12.0 Å². The van der Waals surface area contributed by atoms with Crippen LogP contribution in [0.15, 0.2) is 22.7 Å². The summed E-state index contributed by atoms with van der Waals surface area (Å²) in [6, 6.07) is 5.10. The molecule has 8 nitrogen and oxygen atoms in total. The number of rotatable bonds is 4. The molecule has 1 amide bonds. The van der Waals surface area contributed by atoms with E-state index in [1.165, 1.54) is 0 Å². The first-order valence-corrected chi connectivity index (χ1v) is 6.67. The van der Waals surface area contributed by atoms with E-state index in [4.69, 9.17) is 9.26 Å². The van der Waals surface area contributed by atoms with Crippen molar-refractivity contribution < 1.29 is 14.1 Å². The molecule has 2 N–H and O–H groups in total. The fourth-order valence-electron chi connectivity index (χ4n) is 2.01. The van der Waals surface area contributed by atoms with E-state index in [2.05, 4.69) is 26.0 Å². The summed E-state index contributed by atoms with van der Waals surface area (Å²) in [7, 11) is 0. The number of carbonyl (C=O) groups excluding carboxylic acids is 1. The van der Waals surface area contributed by atoms with Crippen LogP contribution in [0, 0.1) is 6.92 Å². The maximum absolute atomic E-state index is 11.9. The first kappa shape index (κ1) is 13.5. The fourth-order valence-corrected chi connectivity index (χ4v) is 2.01. The Balaban J connectivity index is 1.59. The average molecular weight is 289 g/mol. The standard InChI is InChI=1S/C13H15N5O3/c1-8-7-12(18-21-8)14-10-4-5-11(17-16-10)15-13(19)9-3-2-6-20-9/h4-5,7,9H,2-3,6H2,1H3,(H,14,16,18)(H,15,17,19). The largest absolute Gasteiger partial charge is 0.368 e. The SMILES string of the molecule is Cc1cc(Nc2ccc(NC(=O)C3CCCO3)nn2)no1. The van der Waals surface area contributed by atoms with Gasteiger partial charge in [-0.25, -0.2) is 0 Å². The number of ether oxygens (including phenoxy) is 1. The van der Waals surface area contributed by atoms with Gasteiger partial charge in [0.05, 0.1) is 0 Å². The van der Waals surface area contributed by atoms with Gasteiger partial charge in [0.1, 0.15) is 11.9 Å². The van der Waals surface area contributed by atoms with Crippen molar-refractivity contribution >= 4 is 23.4 Å². The van der Waals surface area contributed by atoms with Crippen LogP contribution in [-0.4, -0.2) is 34.0 Å². The molecule has 0 radical (unpaired) electrons. The summed E-state index contributed by atoms with van der Waals surface area (Å²) in [5, 5.41) is 17.3. The van der Waals surface area contributed by atoms with E-state index in [0.717, 1.165) is 12.8 Å². The molecule has 2 aromatic heterocycles. The molecule has 3 rings (SSSR count). The molecular weight excluding hydrogens is 274 g/mol. The lowest BCUT2D eigenvalue weighted by atomic mass is 10.2. The monoisotopic (exact) mass is 289 g/mol. The van der Waals surface area contributed by atoms with E-state index in [9.17, 15) is 4.79 Å². The molecule has 0 aliphatic carbocycles. The zero-order chi connectivity index (χ0) is 14.7. The molecule has 0 spiro atoms. The van der Waals surface area contributed by atoms with Crippen molar-refractivity contribution in [1.82, 2.24) is 15.4 Å². The zero-order valence-corrected chi connectivity index (χ0v) is 11.5. The smallest absolute Gasteiger partial charge is 0.254 e. The summed E-state index contributed by atoms with van der Waals surface area (Å²) in [5.74, 6) is 1.97. The highest BCUT2D eigenvalue weighted by Gasteiger charge is 2.23. The number of aromatic nitrogens is 3. The minimum Gasteiger partial charge on any atom is -0.368 e. The minimum atomic E-state index is -0.386. The summed E-state index contributed by atoms with van der Waals surface area (Å²) in [6.07, 6.45) is 1.26. The number of aryl methyl sites for hydroxylation is 1. The van der Waals surface area contributed by atoms with Crippen LogP contribution < -0.4 is 10.6 Å². The van der Waals surface area contributed by atoms with Crippen molar-refractivity contribution in [1.29, 1.82) is 0 Å². The number of hydrogen-bond donors (Lipinski definition) is 2. The second kappa shape index (κ2) is 5.88. The van der Waals surface area contributed by atoms with Crippen LogP contribution in [0.4, 0.5) is 17.5 Å². The number of carbonyl (C=O) groups is 1. The Kier molecular flexibility index (Phi) is 3.78. The van der Waals surface area contributed by atoms with Gasteiger partial charge in [0.2, 0.25) is 0 Å². The normalized spacial score (nSPS) is 17.7. The van der Waals surface area contributed by atoms with Gasteiger partial charge in [-0.3, -0.25) is 4.79 Å².